The van der Waals surface area contributed by atoms with E-state index in [2.05, 4.69) is 25.8 Å². The molecule has 0 spiro atoms. The molecular formula is C21H22N4O. The summed E-state index contributed by atoms with van der Waals surface area (Å²) in [5, 5.41) is 1.06. The number of hydrogen-bond donors (Lipinski definition) is 0. The van der Waals surface area contributed by atoms with E-state index in [1.807, 2.05) is 47.0 Å². The number of rotatable bonds is 2. The topological polar surface area (TPSA) is 52.7 Å². The molecule has 0 bridgehead atoms. The number of nitrogens with zero attached hydrogens (tertiary/aromatic N) is 4. The summed E-state index contributed by atoms with van der Waals surface area (Å²) in [6.07, 6.45) is 1.79. The van der Waals surface area contributed by atoms with Crippen molar-refractivity contribution < 1.29 is 0 Å². The molecule has 26 heavy (non-hydrogen) atoms. The molecule has 0 amide bonds. The second-order valence-corrected chi connectivity index (χ2v) is 7.90. The van der Waals surface area contributed by atoms with Gasteiger partial charge in [-0.05, 0) is 29.7 Å². The van der Waals surface area contributed by atoms with Gasteiger partial charge in [-0.15, -0.1) is 0 Å². The Kier molecular flexibility index (Phi) is 3.68. The van der Waals surface area contributed by atoms with E-state index in [0.717, 1.165) is 27.7 Å². The van der Waals surface area contributed by atoms with Crippen LogP contribution in [0.2, 0.25) is 0 Å². The summed E-state index contributed by atoms with van der Waals surface area (Å²) >= 11 is 0. The van der Waals surface area contributed by atoms with Crippen LogP contribution in [0.3, 0.4) is 0 Å². The molecule has 5 heteroatoms. The second kappa shape index (κ2) is 5.80. The van der Waals surface area contributed by atoms with E-state index >= 15 is 0 Å². The van der Waals surface area contributed by atoms with Crippen molar-refractivity contribution >= 4 is 22.1 Å². The molecule has 0 fully saturated rings. The zero-order chi connectivity index (χ0) is 18.5. The highest BCUT2D eigenvalue weighted by atomic mass is 16.1. The molecule has 5 nitrogen and oxygen atoms in total. The van der Waals surface area contributed by atoms with Crippen LogP contribution in [-0.2, 0) is 13.6 Å². The molecule has 0 saturated heterocycles. The van der Waals surface area contributed by atoms with Gasteiger partial charge >= 0.3 is 5.69 Å². The van der Waals surface area contributed by atoms with Crippen LogP contribution >= 0.6 is 0 Å². The van der Waals surface area contributed by atoms with E-state index in [9.17, 15) is 4.79 Å². The van der Waals surface area contributed by atoms with E-state index in [4.69, 9.17) is 4.98 Å². The molecule has 0 N–H and O–H groups in total. The molecule has 1 aromatic carbocycles. The van der Waals surface area contributed by atoms with Gasteiger partial charge in [-0.25, -0.2) is 9.78 Å². The zero-order valence-electron chi connectivity index (χ0n) is 15.5. The summed E-state index contributed by atoms with van der Waals surface area (Å²) in [6.45, 7) is 7.04. The first-order chi connectivity index (χ1) is 12.3. The standard InChI is InChI=1S/C21H22N4O/c1-21(2,3)13-25-18-11-10-17(23-19(18)24(4)20(25)26)15-7-5-9-16-14(15)8-6-12-22-16/h5-12H,13H2,1-4H3. The first kappa shape index (κ1) is 16.5. The van der Waals surface area contributed by atoms with Crippen molar-refractivity contribution in [2.45, 2.75) is 27.3 Å². The maximum atomic E-state index is 12.7. The molecule has 0 aliphatic carbocycles. The van der Waals surface area contributed by atoms with Crippen molar-refractivity contribution in [2.24, 2.45) is 12.5 Å². The third kappa shape index (κ3) is 2.69. The molecule has 0 aliphatic rings. The summed E-state index contributed by atoms with van der Waals surface area (Å²) in [5.74, 6) is 0. The Labute approximate surface area is 151 Å². The van der Waals surface area contributed by atoms with Gasteiger partial charge in [0.25, 0.3) is 0 Å². The lowest BCUT2D eigenvalue weighted by Crippen LogP contribution is -2.27. The van der Waals surface area contributed by atoms with Gasteiger partial charge in [0.2, 0.25) is 0 Å². The molecular weight excluding hydrogens is 324 g/mol. The lowest BCUT2D eigenvalue weighted by molar-refractivity contribution is 0.342. The van der Waals surface area contributed by atoms with Crippen molar-refractivity contribution in [1.29, 1.82) is 0 Å². The molecule has 132 valence electrons. The number of aromatic nitrogens is 4. The van der Waals surface area contributed by atoms with Gasteiger partial charge < -0.3 is 0 Å². The van der Waals surface area contributed by atoms with E-state index in [0.29, 0.717) is 12.2 Å². The Morgan fingerprint density at radius 1 is 1.04 bits per heavy atom. The predicted molar refractivity (Wildman–Crippen MR) is 105 cm³/mol. The van der Waals surface area contributed by atoms with Gasteiger partial charge in [-0.1, -0.05) is 39.0 Å². The number of pyridine rings is 2. The van der Waals surface area contributed by atoms with E-state index in [-0.39, 0.29) is 11.1 Å². The number of imidazole rings is 1. The second-order valence-electron chi connectivity index (χ2n) is 7.90. The first-order valence-electron chi connectivity index (χ1n) is 8.75. The van der Waals surface area contributed by atoms with E-state index in [1.165, 1.54) is 0 Å². The highest BCUT2D eigenvalue weighted by Crippen LogP contribution is 2.28. The Bertz CT molecular complexity index is 1170. The fraction of sp³-hybridized carbons (Fsp3) is 0.286. The molecule has 3 aromatic heterocycles. The van der Waals surface area contributed by atoms with Crippen LogP contribution in [0.1, 0.15) is 20.8 Å². The maximum Gasteiger partial charge on any atom is 0.330 e. The number of fused-ring (bicyclic) bond motifs is 2. The molecule has 0 saturated carbocycles. The molecule has 0 aliphatic heterocycles. The minimum atomic E-state index is -0.0286. The average Bonchev–Trinajstić information content (AvgIpc) is 2.84. The summed E-state index contributed by atoms with van der Waals surface area (Å²) < 4.78 is 3.45. The maximum absolute atomic E-state index is 12.7. The van der Waals surface area contributed by atoms with Crippen molar-refractivity contribution in [3.8, 4) is 11.3 Å². The minimum Gasteiger partial charge on any atom is -0.290 e. The normalized spacial score (nSPS) is 12.2. The van der Waals surface area contributed by atoms with Gasteiger partial charge in [-0.3, -0.25) is 14.1 Å². The Morgan fingerprint density at radius 2 is 1.85 bits per heavy atom. The fourth-order valence-corrected chi connectivity index (χ4v) is 3.38. The Hall–Kier alpha value is -2.95. The van der Waals surface area contributed by atoms with Crippen molar-refractivity contribution in [3.05, 3.63) is 59.1 Å². The van der Waals surface area contributed by atoms with Gasteiger partial charge in [0.15, 0.2) is 5.65 Å². The Morgan fingerprint density at radius 3 is 2.62 bits per heavy atom. The van der Waals surface area contributed by atoms with Crippen LogP contribution < -0.4 is 5.69 Å². The Balaban J connectivity index is 1.94. The molecule has 4 aromatic rings. The van der Waals surface area contributed by atoms with Crippen LogP contribution in [0.15, 0.2) is 53.5 Å². The summed E-state index contributed by atoms with van der Waals surface area (Å²) in [5.41, 5.74) is 4.36. The van der Waals surface area contributed by atoms with Gasteiger partial charge in [-0.2, -0.15) is 0 Å². The largest absolute Gasteiger partial charge is 0.330 e. The summed E-state index contributed by atoms with van der Waals surface area (Å²) in [6, 6.07) is 14.0. The number of hydrogen-bond acceptors (Lipinski definition) is 3. The number of benzene rings is 1. The molecule has 3 heterocycles. The SMILES string of the molecule is Cn1c(=O)n(CC(C)(C)C)c2ccc(-c3cccc4ncccc34)nc21. The van der Waals surface area contributed by atoms with Gasteiger partial charge in [0, 0.05) is 30.7 Å². The average molecular weight is 346 g/mol. The monoisotopic (exact) mass is 346 g/mol. The minimum absolute atomic E-state index is 0.0120. The summed E-state index contributed by atoms with van der Waals surface area (Å²) in [4.78, 5) is 21.9. The smallest absolute Gasteiger partial charge is 0.290 e. The highest BCUT2D eigenvalue weighted by Gasteiger charge is 2.19. The molecule has 4 rings (SSSR count). The fourth-order valence-electron chi connectivity index (χ4n) is 3.38. The third-order valence-electron chi connectivity index (χ3n) is 4.53. The molecule has 0 unspecified atom stereocenters. The zero-order valence-corrected chi connectivity index (χ0v) is 15.5. The van der Waals surface area contributed by atoms with Crippen LogP contribution in [0.25, 0.3) is 33.3 Å². The first-order valence-corrected chi connectivity index (χ1v) is 8.75. The van der Waals surface area contributed by atoms with Crippen LogP contribution in [-0.4, -0.2) is 19.1 Å². The van der Waals surface area contributed by atoms with Gasteiger partial charge in [0.05, 0.1) is 16.7 Å². The third-order valence-corrected chi connectivity index (χ3v) is 4.53. The van der Waals surface area contributed by atoms with Crippen LogP contribution in [0.4, 0.5) is 0 Å². The van der Waals surface area contributed by atoms with Crippen molar-refractivity contribution in [1.82, 2.24) is 19.1 Å². The molecule has 0 radical (unpaired) electrons. The summed E-state index contributed by atoms with van der Waals surface area (Å²) in [7, 11) is 1.78. The van der Waals surface area contributed by atoms with Crippen molar-refractivity contribution in [2.75, 3.05) is 0 Å². The van der Waals surface area contributed by atoms with E-state index in [1.54, 1.807) is 17.8 Å². The highest BCUT2D eigenvalue weighted by molar-refractivity contribution is 5.94. The van der Waals surface area contributed by atoms with Crippen LogP contribution in [0.5, 0.6) is 0 Å². The predicted octanol–water partition coefficient (Wildman–Crippen LogP) is 4.00. The number of aryl methyl sites for hydroxylation is 1. The van der Waals surface area contributed by atoms with Crippen LogP contribution in [0, 0.1) is 5.41 Å². The molecule has 0 atom stereocenters. The van der Waals surface area contributed by atoms with Crippen molar-refractivity contribution in [3.63, 3.8) is 0 Å². The lowest BCUT2D eigenvalue weighted by atomic mass is 9.97. The lowest BCUT2D eigenvalue weighted by Gasteiger charge is -2.18. The van der Waals surface area contributed by atoms with Gasteiger partial charge in [0.1, 0.15) is 0 Å². The quantitative estimate of drug-likeness (QED) is 0.551. The van der Waals surface area contributed by atoms with E-state index < -0.39 is 0 Å².